The highest BCUT2D eigenvalue weighted by Gasteiger charge is 2.10. The molecule has 0 aliphatic heterocycles. The van der Waals surface area contributed by atoms with Crippen LogP contribution in [0.5, 0.6) is 5.75 Å². The fourth-order valence-corrected chi connectivity index (χ4v) is 2.12. The molecular weight excluding hydrogens is 286 g/mol. The predicted octanol–water partition coefficient (Wildman–Crippen LogP) is 3.47. The molecule has 2 aromatic carbocycles. The maximum absolute atomic E-state index is 12.0. The van der Waals surface area contributed by atoms with E-state index in [1.54, 1.807) is 6.07 Å². The molecule has 0 unspecified atom stereocenters. The summed E-state index contributed by atoms with van der Waals surface area (Å²) >= 11 is 6.04. The maximum Gasteiger partial charge on any atom is 0.224 e. The Morgan fingerprint density at radius 2 is 1.81 bits per heavy atom. The lowest BCUT2D eigenvalue weighted by atomic mass is 10.1. The molecule has 1 amide bonds. The third-order valence-corrected chi connectivity index (χ3v) is 3.33. The molecule has 0 saturated heterocycles. The number of halogens is 1. The highest BCUT2D eigenvalue weighted by Crippen LogP contribution is 2.15. The van der Waals surface area contributed by atoms with E-state index in [1.807, 2.05) is 55.5 Å². The average Bonchev–Trinajstić information content (AvgIpc) is 2.48. The van der Waals surface area contributed by atoms with Gasteiger partial charge in [0, 0.05) is 5.02 Å². The summed E-state index contributed by atoms with van der Waals surface area (Å²) < 4.78 is 5.60. The van der Waals surface area contributed by atoms with Gasteiger partial charge in [0.05, 0.1) is 12.5 Å². The molecule has 21 heavy (non-hydrogen) atoms. The molecule has 0 spiro atoms. The van der Waals surface area contributed by atoms with Crippen molar-refractivity contribution in [3.8, 4) is 5.75 Å². The van der Waals surface area contributed by atoms with Crippen molar-refractivity contribution < 1.29 is 9.53 Å². The molecule has 0 saturated carbocycles. The largest absolute Gasteiger partial charge is 0.491 e. The normalized spacial score (nSPS) is 11.7. The van der Waals surface area contributed by atoms with Gasteiger partial charge in [-0.15, -0.1) is 0 Å². The van der Waals surface area contributed by atoms with Crippen molar-refractivity contribution in [2.75, 3.05) is 6.61 Å². The van der Waals surface area contributed by atoms with E-state index in [0.717, 1.165) is 11.3 Å². The first-order chi connectivity index (χ1) is 10.1. The van der Waals surface area contributed by atoms with Crippen molar-refractivity contribution in [1.29, 1.82) is 0 Å². The van der Waals surface area contributed by atoms with Crippen LogP contribution in [0.2, 0.25) is 5.02 Å². The van der Waals surface area contributed by atoms with Crippen LogP contribution in [0.3, 0.4) is 0 Å². The molecule has 0 heterocycles. The molecule has 0 aliphatic carbocycles. The molecule has 4 heteroatoms. The summed E-state index contributed by atoms with van der Waals surface area (Å²) in [5.41, 5.74) is 0.827. The van der Waals surface area contributed by atoms with Crippen LogP contribution < -0.4 is 10.1 Å². The van der Waals surface area contributed by atoms with Gasteiger partial charge in [0.25, 0.3) is 0 Å². The maximum atomic E-state index is 12.0. The van der Waals surface area contributed by atoms with Crippen LogP contribution in [-0.4, -0.2) is 18.6 Å². The molecule has 0 aliphatic rings. The summed E-state index contributed by atoms with van der Waals surface area (Å²) in [6.45, 7) is 2.34. The fourth-order valence-electron chi connectivity index (χ4n) is 1.92. The molecule has 3 nitrogen and oxygen atoms in total. The van der Waals surface area contributed by atoms with Crippen LogP contribution in [0.25, 0.3) is 0 Å². The van der Waals surface area contributed by atoms with Gasteiger partial charge >= 0.3 is 0 Å². The van der Waals surface area contributed by atoms with Gasteiger partial charge < -0.3 is 10.1 Å². The highest BCUT2D eigenvalue weighted by molar-refractivity contribution is 6.31. The summed E-state index contributed by atoms with van der Waals surface area (Å²) in [4.78, 5) is 12.0. The summed E-state index contributed by atoms with van der Waals surface area (Å²) in [6, 6.07) is 16.8. The van der Waals surface area contributed by atoms with E-state index in [0.29, 0.717) is 11.6 Å². The van der Waals surface area contributed by atoms with E-state index < -0.39 is 0 Å². The Balaban J connectivity index is 1.78. The first-order valence-electron chi connectivity index (χ1n) is 6.86. The SMILES string of the molecule is C[C@@H](COc1ccccc1)NC(=O)Cc1ccccc1Cl. The van der Waals surface area contributed by atoms with Gasteiger partial charge in [-0.3, -0.25) is 4.79 Å². The Kier molecular flexibility index (Phi) is 5.64. The number of hydrogen-bond acceptors (Lipinski definition) is 2. The van der Waals surface area contributed by atoms with E-state index in [1.165, 1.54) is 0 Å². The summed E-state index contributed by atoms with van der Waals surface area (Å²) in [6.07, 6.45) is 0.273. The van der Waals surface area contributed by atoms with Crippen LogP contribution in [-0.2, 0) is 11.2 Å². The first-order valence-corrected chi connectivity index (χ1v) is 7.23. The van der Waals surface area contributed by atoms with E-state index in [4.69, 9.17) is 16.3 Å². The third kappa shape index (κ3) is 5.12. The number of hydrogen-bond donors (Lipinski definition) is 1. The molecule has 1 N–H and O–H groups in total. The minimum atomic E-state index is -0.0693. The van der Waals surface area contributed by atoms with Gasteiger partial charge in [0.2, 0.25) is 5.91 Å². The molecule has 110 valence electrons. The number of para-hydroxylation sites is 1. The lowest BCUT2D eigenvalue weighted by molar-refractivity contribution is -0.121. The lowest BCUT2D eigenvalue weighted by Gasteiger charge is -2.15. The quantitative estimate of drug-likeness (QED) is 0.887. The number of ether oxygens (including phenoxy) is 1. The number of nitrogens with one attached hydrogen (secondary N) is 1. The second kappa shape index (κ2) is 7.70. The van der Waals surface area contributed by atoms with Crippen molar-refractivity contribution >= 4 is 17.5 Å². The van der Waals surface area contributed by atoms with Crippen LogP contribution >= 0.6 is 11.6 Å². The molecule has 0 radical (unpaired) electrons. The zero-order valence-electron chi connectivity index (χ0n) is 11.9. The Hall–Kier alpha value is -2.00. The highest BCUT2D eigenvalue weighted by atomic mass is 35.5. The van der Waals surface area contributed by atoms with Crippen molar-refractivity contribution in [2.24, 2.45) is 0 Å². The van der Waals surface area contributed by atoms with Gasteiger partial charge in [0.1, 0.15) is 12.4 Å². The Morgan fingerprint density at radius 3 is 2.52 bits per heavy atom. The number of rotatable bonds is 6. The minimum absolute atomic E-state index is 0.0627. The van der Waals surface area contributed by atoms with Gasteiger partial charge in [-0.2, -0.15) is 0 Å². The number of benzene rings is 2. The molecule has 2 rings (SSSR count). The lowest BCUT2D eigenvalue weighted by Crippen LogP contribution is -2.37. The minimum Gasteiger partial charge on any atom is -0.491 e. The Labute approximate surface area is 129 Å². The zero-order valence-corrected chi connectivity index (χ0v) is 12.6. The molecule has 0 bridgehead atoms. The summed E-state index contributed by atoms with van der Waals surface area (Å²) in [7, 11) is 0. The fraction of sp³-hybridized carbons (Fsp3) is 0.235. The Bertz CT molecular complexity index is 586. The second-order valence-electron chi connectivity index (χ2n) is 4.86. The van der Waals surface area contributed by atoms with E-state index in [-0.39, 0.29) is 18.4 Å². The van der Waals surface area contributed by atoms with Gasteiger partial charge in [-0.25, -0.2) is 0 Å². The molecule has 1 atom stereocenters. The summed E-state index contributed by atoms with van der Waals surface area (Å²) in [5.74, 6) is 0.733. The van der Waals surface area contributed by atoms with E-state index in [9.17, 15) is 4.79 Å². The van der Waals surface area contributed by atoms with Gasteiger partial charge in [-0.1, -0.05) is 48.0 Å². The van der Waals surface area contributed by atoms with Crippen molar-refractivity contribution in [3.05, 3.63) is 65.2 Å². The monoisotopic (exact) mass is 303 g/mol. The van der Waals surface area contributed by atoms with Crippen LogP contribution in [0, 0.1) is 0 Å². The topological polar surface area (TPSA) is 38.3 Å². The zero-order chi connectivity index (χ0) is 15.1. The smallest absolute Gasteiger partial charge is 0.224 e. The van der Waals surface area contributed by atoms with Gasteiger partial charge in [-0.05, 0) is 30.7 Å². The molecule has 2 aromatic rings. The van der Waals surface area contributed by atoms with Gasteiger partial charge in [0.15, 0.2) is 0 Å². The van der Waals surface area contributed by atoms with E-state index in [2.05, 4.69) is 5.32 Å². The van der Waals surface area contributed by atoms with Crippen LogP contribution in [0.15, 0.2) is 54.6 Å². The standard InChI is InChI=1S/C17H18ClNO2/c1-13(12-21-15-8-3-2-4-9-15)19-17(20)11-14-7-5-6-10-16(14)18/h2-10,13H,11-12H2,1H3,(H,19,20)/t13-/m0/s1. The third-order valence-electron chi connectivity index (χ3n) is 2.96. The number of carbonyl (C=O) groups excluding carboxylic acids is 1. The van der Waals surface area contributed by atoms with Crippen LogP contribution in [0.4, 0.5) is 0 Å². The van der Waals surface area contributed by atoms with E-state index >= 15 is 0 Å². The first kappa shape index (κ1) is 15.4. The predicted molar refractivity (Wildman–Crippen MR) is 84.7 cm³/mol. The van der Waals surface area contributed by atoms with Crippen molar-refractivity contribution in [3.63, 3.8) is 0 Å². The molecule has 0 aromatic heterocycles. The number of carbonyl (C=O) groups is 1. The number of amides is 1. The average molecular weight is 304 g/mol. The van der Waals surface area contributed by atoms with Crippen molar-refractivity contribution in [1.82, 2.24) is 5.32 Å². The molecular formula is C17H18ClNO2. The summed E-state index contributed by atoms with van der Waals surface area (Å²) in [5, 5.41) is 3.52. The second-order valence-corrected chi connectivity index (χ2v) is 5.27. The van der Waals surface area contributed by atoms with Crippen LogP contribution in [0.1, 0.15) is 12.5 Å². The van der Waals surface area contributed by atoms with Crippen molar-refractivity contribution in [2.45, 2.75) is 19.4 Å². The Morgan fingerprint density at radius 1 is 1.14 bits per heavy atom. The molecule has 0 fully saturated rings.